The summed E-state index contributed by atoms with van der Waals surface area (Å²) < 4.78 is 0. The number of rotatable bonds is 1. The van der Waals surface area contributed by atoms with Crippen molar-refractivity contribution in [2.75, 3.05) is 0 Å². The highest BCUT2D eigenvalue weighted by Gasteiger charge is 2.05. The van der Waals surface area contributed by atoms with E-state index in [1.165, 1.54) is 21.9 Å². The van der Waals surface area contributed by atoms with Crippen LogP contribution in [0.25, 0.3) is 16.3 Å². The number of allylic oxidation sites excluding steroid dienone is 4. The highest BCUT2D eigenvalue weighted by Crippen LogP contribution is 2.26. The lowest BCUT2D eigenvalue weighted by Gasteiger charge is -2.11. The van der Waals surface area contributed by atoms with Gasteiger partial charge in [-0.25, -0.2) is 0 Å². The summed E-state index contributed by atoms with van der Waals surface area (Å²) in [6.07, 6.45) is 6.38. The van der Waals surface area contributed by atoms with E-state index in [0.29, 0.717) is 0 Å². The number of nitrogens with two attached hydrogens (primary N) is 1. The van der Waals surface area contributed by atoms with Gasteiger partial charge in [-0.2, -0.15) is 0 Å². The molecule has 2 N–H and O–H groups in total. The van der Waals surface area contributed by atoms with Crippen molar-refractivity contribution in [3.05, 3.63) is 65.9 Å². The van der Waals surface area contributed by atoms with Crippen molar-refractivity contribution in [3.8, 4) is 0 Å². The van der Waals surface area contributed by atoms with E-state index >= 15 is 0 Å². The Morgan fingerprint density at radius 3 is 2.59 bits per heavy atom. The highest BCUT2D eigenvalue weighted by molar-refractivity contribution is 5.88. The van der Waals surface area contributed by atoms with Crippen LogP contribution in [0, 0.1) is 0 Å². The van der Waals surface area contributed by atoms with E-state index in [0.717, 1.165) is 18.5 Å². The van der Waals surface area contributed by atoms with E-state index in [-0.39, 0.29) is 0 Å². The maximum Gasteiger partial charge on any atom is 0.00896 e. The van der Waals surface area contributed by atoms with Crippen LogP contribution in [0.5, 0.6) is 0 Å². The molecule has 0 radical (unpaired) electrons. The van der Waals surface area contributed by atoms with E-state index in [2.05, 4.69) is 54.6 Å². The molecular formula is C16H15N. The number of hydrogen-bond acceptors (Lipinski definition) is 1. The van der Waals surface area contributed by atoms with Gasteiger partial charge in [0, 0.05) is 5.70 Å². The summed E-state index contributed by atoms with van der Waals surface area (Å²) in [5, 5.41) is 2.56. The summed E-state index contributed by atoms with van der Waals surface area (Å²) in [7, 11) is 0. The van der Waals surface area contributed by atoms with Gasteiger partial charge in [0.25, 0.3) is 0 Å². The van der Waals surface area contributed by atoms with Crippen LogP contribution in [0.3, 0.4) is 0 Å². The molecule has 1 heteroatoms. The lowest BCUT2D eigenvalue weighted by Crippen LogP contribution is -2.00. The molecule has 84 valence electrons. The first-order chi connectivity index (χ1) is 8.33. The molecule has 1 nitrogen and oxygen atoms in total. The normalized spacial score (nSPS) is 15.5. The molecule has 0 unspecified atom stereocenters. The predicted octanol–water partition coefficient (Wildman–Crippen LogP) is 3.86. The van der Waals surface area contributed by atoms with E-state index in [1.807, 2.05) is 0 Å². The summed E-state index contributed by atoms with van der Waals surface area (Å²) in [5.74, 6) is 0. The van der Waals surface area contributed by atoms with Gasteiger partial charge in [-0.05, 0) is 46.9 Å². The van der Waals surface area contributed by atoms with Crippen molar-refractivity contribution < 1.29 is 0 Å². The Bertz CT molecular complexity index is 620. The van der Waals surface area contributed by atoms with Gasteiger partial charge < -0.3 is 5.73 Å². The summed E-state index contributed by atoms with van der Waals surface area (Å²) in [6.45, 7) is 0. The van der Waals surface area contributed by atoms with Crippen LogP contribution in [0.1, 0.15) is 18.4 Å². The maximum atomic E-state index is 5.90. The van der Waals surface area contributed by atoms with Crippen LogP contribution < -0.4 is 5.73 Å². The summed E-state index contributed by atoms with van der Waals surface area (Å²) in [4.78, 5) is 0. The summed E-state index contributed by atoms with van der Waals surface area (Å²) in [6, 6.07) is 15.0. The fourth-order valence-corrected chi connectivity index (χ4v) is 2.30. The SMILES string of the molecule is NC1=CC(c2ccc3ccccc3c2)=CCC1. The highest BCUT2D eigenvalue weighted by atomic mass is 14.6. The van der Waals surface area contributed by atoms with Crippen LogP contribution in [0.4, 0.5) is 0 Å². The van der Waals surface area contributed by atoms with E-state index in [1.54, 1.807) is 0 Å². The zero-order chi connectivity index (χ0) is 11.7. The average molecular weight is 221 g/mol. The van der Waals surface area contributed by atoms with E-state index < -0.39 is 0 Å². The van der Waals surface area contributed by atoms with Crippen LogP contribution >= 0.6 is 0 Å². The second-order valence-corrected chi connectivity index (χ2v) is 4.48. The molecule has 0 bridgehead atoms. The second kappa shape index (κ2) is 4.10. The Balaban J connectivity index is 2.09. The zero-order valence-electron chi connectivity index (χ0n) is 9.69. The third-order valence-electron chi connectivity index (χ3n) is 3.22. The minimum atomic E-state index is 0.982. The van der Waals surface area contributed by atoms with Crippen LogP contribution in [-0.2, 0) is 0 Å². The molecule has 2 aromatic carbocycles. The van der Waals surface area contributed by atoms with Crippen LogP contribution in [0.2, 0.25) is 0 Å². The van der Waals surface area contributed by atoms with Gasteiger partial charge in [-0.15, -0.1) is 0 Å². The first-order valence-electron chi connectivity index (χ1n) is 5.98. The lowest BCUT2D eigenvalue weighted by atomic mass is 9.96. The Morgan fingerprint density at radius 2 is 1.76 bits per heavy atom. The molecule has 0 aliphatic heterocycles. The van der Waals surface area contributed by atoms with Crippen molar-refractivity contribution in [2.24, 2.45) is 5.73 Å². The van der Waals surface area contributed by atoms with Gasteiger partial charge in [-0.1, -0.05) is 42.5 Å². The molecule has 1 aliphatic rings. The monoisotopic (exact) mass is 221 g/mol. The number of fused-ring (bicyclic) bond motifs is 1. The van der Waals surface area contributed by atoms with E-state index in [9.17, 15) is 0 Å². The molecule has 0 atom stereocenters. The third-order valence-corrected chi connectivity index (χ3v) is 3.22. The Morgan fingerprint density at radius 1 is 0.941 bits per heavy atom. The maximum absolute atomic E-state index is 5.90. The molecule has 1 aliphatic carbocycles. The minimum absolute atomic E-state index is 0.982. The van der Waals surface area contributed by atoms with Gasteiger partial charge in [0.05, 0.1) is 0 Å². The molecule has 3 rings (SSSR count). The predicted molar refractivity (Wildman–Crippen MR) is 73.4 cm³/mol. The molecule has 17 heavy (non-hydrogen) atoms. The van der Waals surface area contributed by atoms with Crippen LogP contribution in [-0.4, -0.2) is 0 Å². The molecule has 0 heterocycles. The number of hydrogen-bond donors (Lipinski definition) is 1. The van der Waals surface area contributed by atoms with Crippen molar-refractivity contribution in [1.82, 2.24) is 0 Å². The minimum Gasteiger partial charge on any atom is -0.402 e. The Labute approximate surface area is 101 Å². The quantitative estimate of drug-likeness (QED) is 0.777. The van der Waals surface area contributed by atoms with Gasteiger partial charge in [0.1, 0.15) is 0 Å². The van der Waals surface area contributed by atoms with Crippen molar-refractivity contribution in [3.63, 3.8) is 0 Å². The van der Waals surface area contributed by atoms with Crippen molar-refractivity contribution >= 4 is 16.3 Å². The van der Waals surface area contributed by atoms with Gasteiger partial charge in [0.2, 0.25) is 0 Å². The first kappa shape index (κ1) is 10.2. The molecule has 2 aromatic rings. The first-order valence-corrected chi connectivity index (χ1v) is 5.98. The van der Waals surface area contributed by atoms with Crippen molar-refractivity contribution in [2.45, 2.75) is 12.8 Å². The summed E-state index contributed by atoms with van der Waals surface area (Å²) in [5.41, 5.74) is 9.38. The van der Waals surface area contributed by atoms with Gasteiger partial charge in [0.15, 0.2) is 0 Å². The smallest absolute Gasteiger partial charge is 0.00896 e. The Kier molecular flexibility index (Phi) is 2.45. The largest absolute Gasteiger partial charge is 0.402 e. The fraction of sp³-hybridized carbons (Fsp3) is 0.125. The van der Waals surface area contributed by atoms with Crippen LogP contribution in [0.15, 0.2) is 60.3 Å². The molecule has 0 fully saturated rings. The zero-order valence-corrected chi connectivity index (χ0v) is 9.69. The molecule has 0 saturated carbocycles. The van der Waals surface area contributed by atoms with Crippen molar-refractivity contribution in [1.29, 1.82) is 0 Å². The molecular weight excluding hydrogens is 206 g/mol. The third kappa shape index (κ3) is 1.96. The van der Waals surface area contributed by atoms with E-state index in [4.69, 9.17) is 5.73 Å². The Hall–Kier alpha value is -2.02. The standard InChI is InChI=1S/C16H15N/c17-16-7-3-6-14(11-16)15-9-8-12-4-1-2-5-13(12)10-15/h1-2,4-6,8-11H,3,7,17H2. The summed E-state index contributed by atoms with van der Waals surface area (Å²) >= 11 is 0. The lowest BCUT2D eigenvalue weighted by molar-refractivity contribution is 0.948. The second-order valence-electron chi connectivity index (χ2n) is 4.48. The topological polar surface area (TPSA) is 26.0 Å². The van der Waals surface area contributed by atoms with Gasteiger partial charge >= 0.3 is 0 Å². The fourth-order valence-electron chi connectivity index (χ4n) is 2.30. The van der Waals surface area contributed by atoms with Gasteiger partial charge in [-0.3, -0.25) is 0 Å². The molecule has 0 amide bonds. The molecule has 0 spiro atoms. The molecule has 0 aromatic heterocycles. The average Bonchev–Trinajstić information content (AvgIpc) is 2.38. The number of benzene rings is 2. The molecule has 0 saturated heterocycles.